The lowest BCUT2D eigenvalue weighted by atomic mass is 9.87. The van der Waals surface area contributed by atoms with Crippen LogP contribution in [-0.4, -0.2) is 31.8 Å². The van der Waals surface area contributed by atoms with Crippen LogP contribution in [0.1, 0.15) is 49.7 Å². The normalized spacial score (nSPS) is 14.8. The van der Waals surface area contributed by atoms with E-state index in [0.29, 0.717) is 6.42 Å². The number of amides is 1. The van der Waals surface area contributed by atoms with Gasteiger partial charge in [0, 0.05) is 6.42 Å². The SMILES string of the molecule is COC(=O)[C@@H](Cc1ccc(OCCC2CCCCC2)c(I)c1)NC(=O)OCc1ccccc1. The molecule has 1 saturated carbocycles. The molecule has 1 amide bonds. The van der Waals surface area contributed by atoms with Crippen LogP contribution in [0.15, 0.2) is 48.5 Å². The van der Waals surface area contributed by atoms with Crippen LogP contribution in [-0.2, 0) is 27.3 Å². The number of nitrogens with one attached hydrogen (secondary N) is 1. The molecular formula is C26H32INO5. The average Bonchev–Trinajstić information content (AvgIpc) is 2.84. The molecule has 1 aliphatic carbocycles. The Morgan fingerprint density at radius 2 is 1.82 bits per heavy atom. The van der Waals surface area contributed by atoms with Crippen molar-refractivity contribution in [1.29, 1.82) is 0 Å². The van der Waals surface area contributed by atoms with Crippen molar-refractivity contribution >= 4 is 34.7 Å². The summed E-state index contributed by atoms with van der Waals surface area (Å²) in [5.41, 5.74) is 1.77. The van der Waals surface area contributed by atoms with Gasteiger partial charge in [0.1, 0.15) is 18.4 Å². The summed E-state index contributed by atoms with van der Waals surface area (Å²) in [7, 11) is 1.30. The molecule has 1 fully saturated rings. The zero-order chi connectivity index (χ0) is 23.5. The monoisotopic (exact) mass is 565 g/mol. The standard InChI is InChI=1S/C26H32INO5/c1-31-25(29)23(28-26(30)33-18-20-10-6-3-7-11-20)17-21-12-13-24(22(27)16-21)32-15-14-19-8-4-2-5-9-19/h3,6-7,10-13,16,19,23H,2,4-5,8-9,14-15,17-18H2,1H3,(H,28,30)/t23-/m1/s1. The van der Waals surface area contributed by atoms with E-state index in [0.717, 1.165) is 39.4 Å². The van der Waals surface area contributed by atoms with Gasteiger partial charge in [-0.1, -0.05) is 68.5 Å². The van der Waals surface area contributed by atoms with Crippen LogP contribution >= 0.6 is 22.6 Å². The van der Waals surface area contributed by atoms with E-state index in [4.69, 9.17) is 14.2 Å². The highest BCUT2D eigenvalue weighted by atomic mass is 127. The van der Waals surface area contributed by atoms with E-state index in [2.05, 4.69) is 27.9 Å². The topological polar surface area (TPSA) is 73.9 Å². The maximum absolute atomic E-state index is 12.3. The molecule has 0 unspecified atom stereocenters. The van der Waals surface area contributed by atoms with Gasteiger partial charge in [0.15, 0.2) is 0 Å². The lowest BCUT2D eigenvalue weighted by Gasteiger charge is -2.21. The molecule has 3 rings (SSSR count). The fraction of sp³-hybridized carbons (Fsp3) is 0.462. The van der Waals surface area contributed by atoms with Crippen LogP contribution in [0.2, 0.25) is 0 Å². The molecule has 7 heteroatoms. The second-order valence-electron chi connectivity index (χ2n) is 8.39. The first kappa shape index (κ1) is 25.3. The van der Waals surface area contributed by atoms with Gasteiger partial charge in [0.25, 0.3) is 0 Å². The highest BCUT2D eigenvalue weighted by Crippen LogP contribution is 2.28. The molecule has 0 radical (unpaired) electrons. The molecule has 6 nitrogen and oxygen atoms in total. The molecule has 0 heterocycles. The fourth-order valence-electron chi connectivity index (χ4n) is 4.08. The van der Waals surface area contributed by atoms with Gasteiger partial charge in [0.2, 0.25) is 0 Å². The summed E-state index contributed by atoms with van der Waals surface area (Å²) < 4.78 is 17.1. The van der Waals surface area contributed by atoms with Crippen molar-refractivity contribution in [3.63, 3.8) is 0 Å². The summed E-state index contributed by atoms with van der Waals surface area (Å²) in [5, 5.41) is 2.62. The Morgan fingerprint density at radius 1 is 1.06 bits per heavy atom. The Labute approximate surface area is 209 Å². The maximum Gasteiger partial charge on any atom is 0.408 e. The van der Waals surface area contributed by atoms with Crippen molar-refractivity contribution < 1.29 is 23.8 Å². The minimum Gasteiger partial charge on any atom is -0.492 e. The summed E-state index contributed by atoms with van der Waals surface area (Å²) in [4.78, 5) is 24.5. The molecule has 0 spiro atoms. The van der Waals surface area contributed by atoms with Gasteiger partial charge in [-0.05, 0) is 58.2 Å². The Morgan fingerprint density at radius 3 is 2.52 bits per heavy atom. The molecule has 1 atom stereocenters. The van der Waals surface area contributed by atoms with Crippen molar-refractivity contribution in [3.05, 3.63) is 63.2 Å². The van der Waals surface area contributed by atoms with Crippen molar-refractivity contribution in [3.8, 4) is 5.75 Å². The van der Waals surface area contributed by atoms with Crippen LogP contribution in [0.3, 0.4) is 0 Å². The van der Waals surface area contributed by atoms with E-state index in [1.807, 2.05) is 48.5 Å². The molecule has 1 N–H and O–H groups in total. The van der Waals surface area contributed by atoms with Gasteiger partial charge in [-0.3, -0.25) is 0 Å². The number of esters is 1. The first-order valence-corrected chi connectivity index (χ1v) is 12.6. The van der Waals surface area contributed by atoms with Crippen molar-refractivity contribution in [2.75, 3.05) is 13.7 Å². The number of carbonyl (C=O) groups excluding carboxylic acids is 2. The van der Waals surface area contributed by atoms with Crippen molar-refractivity contribution in [2.24, 2.45) is 5.92 Å². The number of methoxy groups -OCH3 is 1. The van der Waals surface area contributed by atoms with Crippen LogP contribution < -0.4 is 10.1 Å². The van der Waals surface area contributed by atoms with Gasteiger partial charge in [-0.25, -0.2) is 9.59 Å². The molecule has 0 aliphatic heterocycles. The first-order valence-electron chi connectivity index (χ1n) is 11.5. The Bertz CT molecular complexity index is 899. The number of carbonyl (C=O) groups is 2. The van der Waals surface area contributed by atoms with Crippen LogP contribution in [0, 0.1) is 9.49 Å². The quantitative estimate of drug-likeness (QED) is 0.298. The lowest BCUT2D eigenvalue weighted by Crippen LogP contribution is -2.43. The molecule has 33 heavy (non-hydrogen) atoms. The van der Waals surface area contributed by atoms with E-state index in [1.165, 1.54) is 39.2 Å². The zero-order valence-corrected chi connectivity index (χ0v) is 21.2. The Balaban J connectivity index is 1.51. The predicted molar refractivity (Wildman–Crippen MR) is 135 cm³/mol. The van der Waals surface area contributed by atoms with Crippen molar-refractivity contribution in [2.45, 2.75) is 57.6 Å². The molecule has 0 bridgehead atoms. The van der Waals surface area contributed by atoms with Gasteiger partial charge >= 0.3 is 12.1 Å². The molecular weight excluding hydrogens is 533 g/mol. The summed E-state index contributed by atoms with van der Waals surface area (Å²) >= 11 is 2.25. The lowest BCUT2D eigenvalue weighted by molar-refractivity contribution is -0.143. The van der Waals surface area contributed by atoms with E-state index in [1.54, 1.807) is 0 Å². The number of halogens is 1. The molecule has 178 valence electrons. The Hall–Kier alpha value is -2.29. The van der Waals surface area contributed by atoms with Crippen LogP contribution in [0.5, 0.6) is 5.75 Å². The highest BCUT2D eigenvalue weighted by Gasteiger charge is 2.23. The smallest absolute Gasteiger partial charge is 0.408 e. The summed E-state index contributed by atoms with van der Waals surface area (Å²) in [5.74, 6) is 1.11. The minimum absolute atomic E-state index is 0.130. The van der Waals surface area contributed by atoms with Crippen LogP contribution in [0.25, 0.3) is 0 Å². The van der Waals surface area contributed by atoms with E-state index in [9.17, 15) is 9.59 Å². The number of ether oxygens (including phenoxy) is 3. The predicted octanol–water partition coefficient (Wildman–Crippen LogP) is 5.65. The maximum atomic E-state index is 12.3. The van der Waals surface area contributed by atoms with Gasteiger partial charge in [0.05, 0.1) is 17.3 Å². The molecule has 2 aromatic carbocycles. The van der Waals surface area contributed by atoms with E-state index < -0.39 is 18.1 Å². The third-order valence-corrected chi connectivity index (χ3v) is 6.78. The molecule has 0 aromatic heterocycles. The number of alkyl carbamates (subject to hydrolysis) is 1. The second kappa shape index (κ2) is 13.4. The van der Waals surface area contributed by atoms with E-state index >= 15 is 0 Å². The third-order valence-electron chi connectivity index (χ3n) is 5.94. The number of hydrogen-bond donors (Lipinski definition) is 1. The largest absolute Gasteiger partial charge is 0.492 e. The van der Waals surface area contributed by atoms with Crippen LogP contribution in [0.4, 0.5) is 4.79 Å². The number of rotatable bonds is 10. The molecule has 1 aliphatic rings. The highest BCUT2D eigenvalue weighted by molar-refractivity contribution is 14.1. The van der Waals surface area contributed by atoms with Gasteiger partial charge in [-0.2, -0.15) is 0 Å². The van der Waals surface area contributed by atoms with E-state index in [-0.39, 0.29) is 6.61 Å². The number of benzene rings is 2. The van der Waals surface area contributed by atoms with Gasteiger partial charge in [-0.15, -0.1) is 0 Å². The minimum atomic E-state index is -0.841. The molecule has 0 saturated heterocycles. The van der Waals surface area contributed by atoms with Gasteiger partial charge < -0.3 is 19.5 Å². The third kappa shape index (κ3) is 8.53. The fourth-order valence-corrected chi connectivity index (χ4v) is 4.81. The summed E-state index contributed by atoms with van der Waals surface area (Å²) in [6, 6.07) is 14.4. The molecule has 2 aromatic rings. The zero-order valence-electron chi connectivity index (χ0n) is 19.1. The van der Waals surface area contributed by atoms with Crippen molar-refractivity contribution in [1.82, 2.24) is 5.32 Å². The average molecular weight is 565 g/mol. The number of hydrogen-bond acceptors (Lipinski definition) is 5. The summed E-state index contributed by atoms with van der Waals surface area (Å²) in [6.07, 6.45) is 7.40. The second-order valence-corrected chi connectivity index (χ2v) is 9.55. The first-order chi connectivity index (χ1) is 16.0. The Kier molecular flexibility index (Phi) is 10.3. The summed E-state index contributed by atoms with van der Waals surface area (Å²) in [6.45, 7) is 0.852.